The van der Waals surface area contributed by atoms with Crippen LogP contribution in [0.15, 0.2) is 60.7 Å². The van der Waals surface area contributed by atoms with Crippen molar-refractivity contribution in [2.75, 3.05) is 12.5 Å². The molecule has 0 spiro atoms. The van der Waals surface area contributed by atoms with E-state index in [-0.39, 0.29) is 25.7 Å². The zero-order valence-electron chi connectivity index (χ0n) is 20.8. The molecule has 0 unspecified atom stereocenters. The Bertz CT molecular complexity index is 1090. The molecule has 3 rings (SSSR count). The number of halogens is 4. The zero-order chi connectivity index (χ0) is 28.4. The van der Waals surface area contributed by atoms with Gasteiger partial charge in [0.1, 0.15) is 30.8 Å². The fraction of sp³-hybridized carbons (Fsp3) is 0.423. The van der Waals surface area contributed by atoms with Gasteiger partial charge in [0.2, 0.25) is 12.2 Å². The van der Waals surface area contributed by atoms with Crippen molar-refractivity contribution >= 4 is 64.2 Å². The van der Waals surface area contributed by atoms with Gasteiger partial charge in [0, 0.05) is 6.92 Å². The number of alkyl halides is 4. The van der Waals surface area contributed by atoms with E-state index in [4.69, 9.17) is 80.2 Å². The van der Waals surface area contributed by atoms with E-state index in [9.17, 15) is 9.59 Å². The van der Waals surface area contributed by atoms with Crippen LogP contribution in [0.2, 0.25) is 0 Å². The van der Waals surface area contributed by atoms with Crippen LogP contribution in [0, 0.1) is 5.41 Å². The second kappa shape index (κ2) is 15.0. The third kappa shape index (κ3) is 9.79. The number of rotatable bonds is 11. The molecule has 0 saturated carbocycles. The molecule has 1 heterocycles. The first kappa shape index (κ1) is 31.4. The van der Waals surface area contributed by atoms with Gasteiger partial charge in [0.05, 0.1) is 13.2 Å². The molecule has 0 radical (unpaired) electrons. The SMILES string of the molecule is CC(=O)O[C@@H]1[C@@H](OC(=N)C(Cl)(Cl)Cl)O[C@H](COC(=O)CCl)[C@@H](OCc2ccccc2)[C@@H]1OCc1ccccc1. The second-order valence-corrected chi connectivity index (χ2v) is 10.9. The minimum Gasteiger partial charge on any atom is -0.462 e. The van der Waals surface area contributed by atoms with Crippen molar-refractivity contribution in [3.8, 4) is 0 Å². The molecule has 1 aliphatic rings. The van der Waals surface area contributed by atoms with E-state index in [0.29, 0.717) is 0 Å². The van der Waals surface area contributed by atoms with Crippen molar-refractivity contribution in [2.24, 2.45) is 0 Å². The average Bonchev–Trinajstić information content (AvgIpc) is 2.91. The van der Waals surface area contributed by atoms with Gasteiger partial charge >= 0.3 is 11.9 Å². The molecule has 1 aliphatic heterocycles. The monoisotopic (exact) mass is 621 g/mol. The van der Waals surface area contributed by atoms with Crippen LogP contribution in [0.3, 0.4) is 0 Å². The topological polar surface area (TPSA) is 113 Å². The van der Waals surface area contributed by atoms with Gasteiger partial charge in [-0.25, -0.2) is 0 Å². The molecule has 2 aromatic carbocycles. The van der Waals surface area contributed by atoms with Crippen LogP contribution in [0.5, 0.6) is 0 Å². The lowest BCUT2D eigenvalue weighted by atomic mass is 9.98. The number of ether oxygens (including phenoxy) is 6. The van der Waals surface area contributed by atoms with Gasteiger partial charge in [0.15, 0.2) is 6.10 Å². The molecule has 0 aliphatic carbocycles. The van der Waals surface area contributed by atoms with E-state index < -0.39 is 52.3 Å². The molecule has 9 nitrogen and oxygen atoms in total. The molecule has 1 saturated heterocycles. The van der Waals surface area contributed by atoms with Gasteiger partial charge in [0.25, 0.3) is 3.79 Å². The molecule has 0 aromatic heterocycles. The van der Waals surface area contributed by atoms with E-state index in [1.54, 1.807) is 0 Å². The van der Waals surface area contributed by atoms with E-state index in [2.05, 4.69) is 0 Å². The summed E-state index contributed by atoms with van der Waals surface area (Å²) in [4.78, 5) is 24.0. The van der Waals surface area contributed by atoms with Gasteiger partial charge in [-0.15, -0.1) is 11.6 Å². The van der Waals surface area contributed by atoms with Crippen molar-refractivity contribution in [2.45, 2.75) is 54.6 Å². The summed E-state index contributed by atoms with van der Waals surface area (Å²) in [7, 11) is 0. The van der Waals surface area contributed by atoms with Crippen LogP contribution >= 0.6 is 46.4 Å². The maximum absolute atomic E-state index is 12.1. The molecule has 0 bridgehead atoms. The Kier molecular flexibility index (Phi) is 12.1. The standard InChI is InChI=1S/C26H27Cl4NO8/c1-16(32)37-23-22(36-14-18-10-6-3-7-11-18)21(35-13-17-8-4-2-5-9-17)19(15-34-20(33)12-27)38-24(23)39-25(31)26(28,29)30/h2-11,19,21-24,31H,12-15H2,1H3/t19-,21-,22+,23+,24-/m1/s1. The van der Waals surface area contributed by atoms with Gasteiger partial charge in [-0.1, -0.05) is 95.5 Å². The average molecular weight is 623 g/mol. The fourth-order valence-electron chi connectivity index (χ4n) is 3.75. The van der Waals surface area contributed by atoms with Crippen LogP contribution < -0.4 is 0 Å². The fourth-order valence-corrected chi connectivity index (χ4v) is 3.96. The Hall–Kier alpha value is -2.11. The molecule has 2 aromatic rings. The van der Waals surface area contributed by atoms with Crippen LogP contribution in [0.4, 0.5) is 0 Å². The summed E-state index contributed by atoms with van der Waals surface area (Å²) in [6, 6.07) is 18.6. The summed E-state index contributed by atoms with van der Waals surface area (Å²) < 4.78 is 32.5. The van der Waals surface area contributed by atoms with Crippen molar-refractivity contribution in [3.63, 3.8) is 0 Å². The summed E-state index contributed by atoms with van der Waals surface area (Å²) in [5.74, 6) is -2.54. The van der Waals surface area contributed by atoms with E-state index in [1.807, 2.05) is 60.7 Å². The molecular formula is C26H27Cl4NO8. The first-order chi connectivity index (χ1) is 18.6. The predicted octanol–water partition coefficient (Wildman–Crippen LogP) is 4.96. The smallest absolute Gasteiger partial charge is 0.320 e. The second-order valence-electron chi connectivity index (χ2n) is 8.40. The first-order valence-corrected chi connectivity index (χ1v) is 13.4. The van der Waals surface area contributed by atoms with Crippen LogP contribution in [-0.4, -0.2) is 64.8 Å². The largest absolute Gasteiger partial charge is 0.462 e. The lowest BCUT2D eigenvalue weighted by Crippen LogP contribution is -2.62. The van der Waals surface area contributed by atoms with Gasteiger partial charge in [-0.05, 0) is 11.1 Å². The minimum atomic E-state index is -2.23. The van der Waals surface area contributed by atoms with Crippen molar-refractivity contribution < 1.29 is 38.0 Å². The van der Waals surface area contributed by atoms with Crippen LogP contribution in [0.25, 0.3) is 0 Å². The molecule has 212 valence electrons. The molecule has 5 atom stereocenters. The number of carbonyl (C=O) groups excluding carboxylic acids is 2. The highest BCUT2D eigenvalue weighted by Crippen LogP contribution is 2.34. The molecule has 39 heavy (non-hydrogen) atoms. The number of esters is 2. The lowest BCUT2D eigenvalue weighted by Gasteiger charge is -2.45. The number of benzene rings is 2. The Labute approximate surface area is 245 Å². The first-order valence-electron chi connectivity index (χ1n) is 11.8. The summed E-state index contributed by atoms with van der Waals surface area (Å²) >= 11 is 23.0. The van der Waals surface area contributed by atoms with Crippen LogP contribution in [-0.2, 0) is 51.2 Å². The normalized spacial score (nSPS) is 23.1. The summed E-state index contributed by atoms with van der Waals surface area (Å²) in [5, 5.41) is 8.05. The minimum absolute atomic E-state index is 0.0945. The van der Waals surface area contributed by atoms with Crippen molar-refractivity contribution in [1.29, 1.82) is 5.41 Å². The number of carbonyl (C=O) groups is 2. The quantitative estimate of drug-likeness (QED) is 0.162. The van der Waals surface area contributed by atoms with E-state index in [0.717, 1.165) is 11.1 Å². The van der Waals surface area contributed by atoms with E-state index in [1.165, 1.54) is 6.92 Å². The third-order valence-electron chi connectivity index (χ3n) is 5.47. The van der Waals surface area contributed by atoms with Gasteiger partial charge in [-0.3, -0.25) is 15.0 Å². The molecule has 13 heteroatoms. The van der Waals surface area contributed by atoms with E-state index >= 15 is 0 Å². The highest BCUT2D eigenvalue weighted by Gasteiger charge is 2.52. The van der Waals surface area contributed by atoms with Crippen molar-refractivity contribution in [1.82, 2.24) is 0 Å². The summed E-state index contributed by atoms with van der Waals surface area (Å²) in [5.41, 5.74) is 1.67. The van der Waals surface area contributed by atoms with Crippen molar-refractivity contribution in [3.05, 3.63) is 71.8 Å². The Morgan fingerprint density at radius 3 is 1.90 bits per heavy atom. The zero-order valence-corrected chi connectivity index (χ0v) is 23.8. The number of nitrogens with one attached hydrogen (secondary N) is 1. The predicted molar refractivity (Wildman–Crippen MR) is 145 cm³/mol. The maximum atomic E-state index is 12.1. The highest BCUT2D eigenvalue weighted by molar-refractivity contribution is 6.76. The molecule has 1 fully saturated rings. The summed E-state index contributed by atoms with van der Waals surface area (Å²) in [6.07, 6.45) is -5.72. The number of hydrogen-bond acceptors (Lipinski definition) is 9. The summed E-state index contributed by atoms with van der Waals surface area (Å²) in [6.45, 7) is 1.10. The Morgan fingerprint density at radius 2 is 1.41 bits per heavy atom. The number of hydrogen-bond donors (Lipinski definition) is 1. The lowest BCUT2D eigenvalue weighted by molar-refractivity contribution is -0.304. The maximum Gasteiger partial charge on any atom is 0.320 e. The Morgan fingerprint density at radius 1 is 0.872 bits per heavy atom. The highest BCUT2D eigenvalue weighted by atomic mass is 35.6. The van der Waals surface area contributed by atoms with Crippen LogP contribution in [0.1, 0.15) is 18.1 Å². The third-order valence-corrected chi connectivity index (χ3v) is 6.21. The molecule has 0 amide bonds. The molecule has 1 N–H and O–H groups in total. The van der Waals surface area contributed by atoms with Gasteiger partial charge in [-0.2, -0.15) is 0 Å². The molecular weight excluding hydrogens is 596 g/mol. The van der Waals surface area contributed by atoms with Gasteiger partial charge < -0.3 is 28.4 Å². The Balaban J connectivity index is 1.97.